The summed E-state index contributed by atoms with van der Waals surface area (Å²) in [5.74, 6) is -0.220. The van der Waals surface area contributed by atoms with E-state index in [4.69, 9.17) is 10.5 Å². The van der Waals surface area contributed by atoms with E-state index in [0.29, 0.717) is 12.6 Å². The number of likely N-dealkylation sites (tertiary alicyclic amines) is 1. The van der Waals surface area contributed by atoms with Crippen LogP contribution in [0.3, 0.4) is 0 Å². The number of amides is 1. The van der Waals surface area contributed by atoms with Crippen molar-refractivity contribution in [2.24, 2.45) is 5.73 Å². The number of carbonyl (C=O) groups is 1. The topological polar surface area (TPSA) is 58.8 Å². The van der Waals surface area contributed by atoms with Gasteiger partial charge < -0.3 is 10.5 Å². The van der Waals surface area contributed by atoms with E-state index in [1.165, 1.54) is 6.42 Å². The van der Waals surface area contributed by atoms with Gasteiger partial charge in [-0.05, 0) is 19.4 Å². The summed E-state index contributed by atoms with van der Waals surface area (Å²) < 4.78 is 5.35. The second kappa shape index (κ2) is 5.61. The number of nitrogens with two attached hydrogens (primary N) is 1. The largest absolute Gasteiger partial charge is 0.379 e. The lowest BCUT2D eigenvalue weighted by atomic mass is 10.0. The summed E-state index contributed by atoms with van der Waals surface area (Å²) in [5, 5.41) is 0. The van der Waals surface area contributed by atoms with Crippen molar-refractivity contribution in [3.63, 3.8) is 0 Å². The van der Waals surface area contributed by atoms with Crippen LogP contribution in [0.5, 0.6) is 0 Å². The summed E-state index contributed by atoms with van der Waals surface area (Å²) in [7, 11) is 0. The molecule has 0 aromatic rings. The molecular formula is C11H21N3O2. The van der Waals surface area contributed by atoms with Gasteiger partial charge in [-0.15, -0.1) is 0 Å². The molecule has 2 N–H and O–H groups in total. The average molecular weight is 227 g/mol. The van der Waals surface area contributed by atoms with Crippen molar-refractivity contribution in [3.05, 3.63) is 0 Å². The summed E-state index contributed by atoms with van der Waals surface area (Å²) in [4.78, 5) is 15.6. The third-order valence-corrected chi connectivity index (χ3v) is 3.42. The molecule has 0 spiro atoms. The van der Waals surface area contributed by atoms with Crippen LogP contribution in [0, 0.1) is 0 Å². The second-order valence-corrected chi connectivity index (χ2v) is 4.65. The molecule has 1 amide bonds. The van der Waals surface area contributed by atoms with Crippen molar-refractivity contribution in [2.75, 3.05) is 45.9 Å². The molecule has 92 valence electrons. The van der Waals surface area contributed by atoms with Crippen molar-refractivity contribution in [3.8, 4) is 0 Å². The number of hydrogen-bond donors (Lipinski definition) is 1. The molecule has 0 aromatic heterocycles. The van der Waals surface area contributed by atoms with Crippen LogP contribution in [0.2, 0.25) is 0 Å². The molecule has 0 radical (unpaired) electrons. The van der Waals surface area contributed by atoms with Gasteiger partial charge in [0.15, 0.2) is 0 Å². The number of hydrogen-bond acceptors (Lipinski definition) is 4. The van der Waals surface area contributed by atoms with Crippen molar-refractivity contribution in [1.82, 2.24) is 9.80 Å². The molecule has 2 aliphatic heterocycles. The van der Waals surface area contributed by atoms with Crippen LogP contribution in [0.1, 0.15) is 12.8 Å². The SMILES string of the molecule is NC(=O)CN1CCCC(N2CCOCC2)C1. The molecule has 0 aliphatic carbocycles. The van der Waals surface area contributed by atoms with Gasteiger partial charge in [0.05, 0.1) is 19.8 Å². The Morgan fingerprint density at radius 3 is 2.75 bits per heavy atom. The van der Waals surface area contributed by atoms with Crippen LogP contribution in [-0.4, -0.2) is 67.7 Å². The van der Waals surface area contributed by atoms with Crippen LogP contribution in [0.25, 0.3) is 0 Å². The van der Waals surface area contributed by atoms with E-state index in [-0.39, 0.29) is 5.91 Å². The Morgan fingerprint density at radius 2 is 2.06 bits per heavy atom. The van der Waals surface area contributed by atoms with Crippen LogP contribution in [0.4, 0.5) is 0 Å². The Balaban J connectivity index is 1.83. The summed E-state index contributed by atoms with van der Waals surface area (Å²) in [5.41, 5.74) is 5.23. The van der Waals surface area contributed by atoms with Gasteiger partial charge in [-0.2, -0.15) is 0 Å². The second-order valence-electron chi connectivity index (χ2n) is 4.65. The van der Waals surface area contributed by atoms with Crippen LogP contribution in [-0.2, 0) is 9.53 Å². The van der Waals surface area contributed by atoms with Gasteiger partial charge in [0.25, 0.3) is 0 Å². The summed E-state index contributed by atoms with van der Waals surface area (Å²) in [6, 6.07) is 0.581. The Labute approximate surface area is 96.5 Å². The van der Waals surface area contributed by atoms with Gasteiger partial charge in [0.1, 0.15) is 0 Å². The molecule has 5 nitrogen and oxygen atoms in total. The van der Waals surface area contributed by atoms with E-state index < -0.39 is 0 Å². The lowest BCUT2D eigenvalue weighted by Crippen LogP contribution is -2.52. The maximum Gasteiger partial charge on any atom is 0.231 e. The molecule has 2 fully saturated rings. The third-order valence-electron chi connectivity index (χ3n) is 3.42. The van der Waals surface area contributed by atoms with Gasteiger partial charge >= 0.3 is 0 Å². The van der Waals surface area contributed by atoms with E-state index in [9.17, 15) is 4.79 Å². The Hall–Kier alpha value is -0.650. The highest BCUT2D eigenvalue weighted by molar-refractivity contribution is 5.75. The lowest BCUT2D eigenvalue weighted by molar-refractivity contribution is -0.119. The summed E-state index contributed by atoms with van der Waals surface area (Å²) in [6.45, 7) is 6.11. The zero-order chi connectivity index (χ0) is 11.4. The Morgan fingerprint density at radius 1 is 1.31 bits per heavy atom. The number of morpholine rings is 1. The molecule has 0 bridgehead atoms. The highest BCUT2D eigenvalue weighted by Gasteiger charge is 2.26. The highest BCUT2D eigenvalue weighted by Crippen LogP contribution is 2.16. The summed E-state index contributed by atoms with van der Waals surface area (Å²) >= 11 is 0. The quantitative estimate of drug-likeness (QED) is 0.690. The Kier molecular flexibility index (Phi) is 4.15. The van der Waals surface area contributed by atoms with E-state index >= 15 is 0 Å². The predicted octanol–water partition coefficient (Wildman–Crippen LogP) is -0.732. The van der Waals surface area contributed by atoms with Crippen molar-refractivity contribution in [1.29, 1.82) is 0 Å². The molecule has 0 aromatic carbocycles. The predicted molar refractivity (Wildman–Crippen MR) is 61.0 cm³/mol. The molecule has 0 saturated carbocycles. The van der Waals surface area contributed by atoms with E-state index in [1.54, 1.807) is 0 Å². The Bertz CT molecular complexity index is 241. The number of ether oxygens (including phenoxy) is 1. The van der Waals surface area contributed by atoms with Crippen LogP contribution >= 0.6 is 0 Å². The molecular weight excluding hydrogens is 206 g/mol. The fourth-order valence-electron chi connectivity index (χ4n) is 2.64. The minimum absolute atomic E-state index is 0.220. The van der Waals surface area contributed by atoms with Crippen molar-refractivity contribution in [2.45, 2.75) is 18.9 Å². The molecule has 2 aliphatic rings. The molecule has 2 heterocycles. The molecule has 5 heteroatoms. The number of primary amides is 1. The smallest absolute Gasteiger partial charge is 0.231 e. The first-order valence-corrected chi connectivity index (χ1v) is 6.08. The van der Waals surface area contributed by atoms with Crippen LogP contribution < -0.4 is 5.73 Å². The highest BCUT2D eigenvalue weighted by atomic mass is 16.5. The van der Waals surface area contributed by atoms with Gasteiger partial charge in [-0.1, -0.05) is 0 Å². The third kappa shape index (κ3) is 3.17. The van der Waals surface area contributed by atoms with Crippen LogP contribution in [0.15, 0.2) is 0 Å². The number of carbonyl (C=O) groups excluding carboxylic acids is 1. The first-order chi connectivity index (χ1) is 7.75. The first-order valence-electron chi connectivity index (χ1n) is 6.08. The number of nitrogens with zero attached hydrogens (tertiary/aromatic N) is 2. The molecule has 1 unspecified atom stereocenters. The van der Waals surface area contributed by atoms with Gasteiger partial charge in [0, 0.05) is 25.7 Å². The van der Waals surface area contributed by atoms with E-state index in [2.05, 4.69) is 9.80 Å². The van der Waals surface area contributed by atoms with Crippen molar-refractivity contribution < 1.29 is 9.53 Å². The molecule has 2 saturated heterocycles. The average Bonchev–Trinajstić information content (AvgIpc) is 2.30. The maximum absolute atomic E-state index is 10.9. The normalized spacial score (nSPS) is 29.1. The fraction of sp³-hybridized carbons (Fsp3) is 0.909. The summed E-state index contributed by atoms with van der Waals surface area (Å²) in [6.07, 6.45) is 2.39. The molecule has 16 heavy (non-hydrogen) atoms. The molecule has 1 atom stereocenters. The van der Waals surface area contributed by atoms with Gasteiger partial charge in [-0.25, -0.2) is 0 Å². The number of rotatable bonds is 3. The minimum Gasteiger partial charge on any atom is -0.379 e. The van der Waals surface area contributed by atoms with Gasteiger partial charge in [0.2, 0.25) is 5.91 Å². The monoisotopic (exact) mass is 227 g/mol. The number of piperidine rings is 1. The minimum atomic E-state index is -0.220. The standard InChI is InChI=1S/C11H21N3O2/c12-11(15)9-13-3-1-2-10(8-13)14-4-6-16-7-5-14/h10H,1-9H2,(H2,12,15). The zero-order valence-electron chi connectivity index (χ0n) is 9.73. The molecule has 2 rings (SSSR count). The maximum atomic E-state index is 10.9. The zero-order valence-corrected chi connectivity index (χ0v) is 9.73. The lowest BCUT2D eigenvalue weighted by Gasteiger charge is -2.40. The van der Waals surface area contributed by atoms with Crippen molar-refractivity contribution >= 4 is 5.91 Å². The fourth-order valence-corrected chi connectivity index (χ4v) is 2.64. The van der Waals surface area contributed by atoms with E-state index in [0.717, 1.165) is 45.8 Å². The van der Waals surface area contributed by atoms with E-state index in [1.807, 2.05) is 0 Å². The first kappa shape index (κ1) is 11.8. The van der Waals surface area contributed by atoms with Gasteiger partial charge in [-0.3, -0.25) is 14.6 Å².